The summed E-state index contributed by atoms with van der Waals surface area (Å²) >= 11 is 0. The van der Waals surface area contributed by atoms with Gasteiger partial charge in [-0.15, -0.1) is 0 Å². The monoisotopic (exact) mass is 372 g/mol. The predicted octanol–water partition coefficient (Wildman–Crippen LogP) is 3.93. The van der Waals surface area contributed by atoms with Gasteiger partial charge >= 0.3 is 0 Å². The molecule has 0 aliphatic heterocycles. The fourth-order valence-corrected chi connectivity index (χ4v) is 3.01. The molecule has 1 N–H and O–H groups in total. The smallest absolute Gasteiger partial charge is 0.251 e. The van der Waals surface area contributed by atoms with Crippen LogP contribution in [0.2, 0.25) is 0 Å². The van der Waals surface area contributed by atoms with Crippen LogP contribution < -0.4 is 5.32 Å². The van der Waals surface area contributed by atoms with E-state index < -0.39 is 0 Å². The highest BCUT2D eigenvalue weighted by Crippen LogP contribution is 2.10. The van der Waals surface area contributed by atoms with E-state index in [1.54, 1.807) is 24.3 Å². The van der Waals surface area contributed by atoms with E-state index in [1.807, 2.05) is 48.5 Å². The van der Waals surface area contributed by atoms with Crippen molar-refractivity contribution in [1.29, 1.82) is 0 Å². The Kier molecular flexibility index (Phi) is 6.71. The van der Waals surface area contributed by atoms with Crippen molar-refractivity contribution in [2.24, 2.45) is 0 Å². The van der Waals surface area contributed by atoms with Crippen LogP contribution in [0.3, 0.4) is 0 Å². The molecule has 0 saturated heterocycles. The zero-order valence-electron chi connectivity index (χ0n) is 16.0. The second-order valence-corrected chi connectivity index (χ2v) is 6.83. The molecule has 1 amide bonds. The van der Waals surface area contributed by atoms with Crippen molar-refractivity contribution < 1.29 is 9.59 Å². The molecule has 0 fully saturated rings. The predicted molar refractivity (Wildman–Crippen MR) is 111 cm³/mol. The minimum absolute atomic E-state index is 0.00951. The summed E-state index contributed by atoms with van der Waals surface area (Å²) in [4.78, 5) is 26.6. The summed E-state index contributed by atoms with van der Waals surface area (Å²) in [6, 6.07) is 26.8. The topological polar surface area (TPSA) is 49.4 Å². The van der Waals surface area contributed by atoms with E-state index >= 15 is 0 Å². The Morgan fingerprint density at radius 3 is 1.86 bits per heavy atom. The molecule has 0 heterocycles. The van der Waals surface area contributed by atoms with Crippen molar-refractivity contribution in [2.75, 3.05) is 13.6 Å². The SMILES string of the molecule is CN(Cc1ccccc1)Cc1ccc(C(=O)NCC(=O)c2ccccc2)cc1. The highest BCUT2D eigenvalue weighted by Gasteiger charge is 2.10. The van der Waals surface area contributed by atoms with Gasteiger partial charge in [0.05, 0.1) is 6.54 Å². The summed E-state index contributed by atoms with van der Waals surface area (Å²) < 4.78 is 0. The highest BCUT2D eigenvalue weighted by molar-refractivity contribution is 6.02. The average Bonchev–Trinajstić information content (AvgIpc) is 2.73. The van der Waals surface area contributed by atoms with Gasteiger partial charge in [0, 0.05) is 24.2 Å². The Bertz CT molecular complexity index is 906. The van der Waals surface area contributed by atoms with Gasteiger partial charge in [0.1, 0.15) is 0 Å². The van der Waals surface area contributed by atoms with Crippen LogP contribution in [0.15, 0.2) is 84.9 Å². The molecule has 3 rings (SSSR count). The van der Waals surface area contributed by atoms with Crippen molar-refractivity contribution in [3.8, 4) is 0 Å². The number of benzene rings is 3. The van der Waals surface area contributed by atoms with Gasteiger partial charge in [0.2, 0.25) is 0 Å². The van der Waals surface area contributed by atoms with E-state index in [4.69, 9.17) is 0 Å². The summed E-state index contributed by atoms with van der Waals surface area (Å²) in [7, 11) is 2.07. The number of nitrogens with zero attached hydrogens (tertiary/aromatic N) is 1. The summed E-state index contributed by atoms with van der Waals surface area (Å²) in [5, 5.41) is 2.69. The van der Waals surface area contributed by atoms with Crippen LogP contribution in [0.5, 0.6) is 0 Å². The highest BCUT2D eigenvalue weighted by atomic mass is 16.2. The first-order valence-corrected chi connectivity index (χ1v) is 9.29. The maximum absolute atomic E-state index is 12.3. The lowest BCUT2D eigenvalue weighted by atomic mass is 10.1. The zero-order chi connectivity index (χ0) is 19.8. The molecular formula is C24H24N2O2. The molecule has 0 unspecified atom stereocenters. The molecule has 0 atom stereocenters. The fourth-order valence-electron chi connectivity index (χ4n) is 3.01. The first kappa shape index (κ1) is 19.5. The van der Waals surface area contributed by atoms with Gasteiger partial charge in [-0.3, -0.25) is 14.5 Å². The second kappa shape index (κ2) is 9.62. The molecule has 0 spiro atoms. The lowest BCUT2D eigenvalue weighted by Gasteiger charge is -2.17. The first-order valence-electron chi connectivity index (χ1n) is 9.29. The number of nitrogens with one attached hydrogen (secondary N) is 1. The van der Waals surface area contributed by atoms with E-state index in [0.29, 0.717) is 11.1 Å². The van der Waals surface area contributed by atoms with Crippen LogP contribution in [0, 0.1) is 0 Å². The zero-order valence-corrected chi connectivity index (χ0v) is 16.0. The van der Waals surface area contributed by atoms with Crippen LogP contribution in [-0.4, -0.2) is 30.2 Å². The standard InChI is InChI=1S/C24H24N2O2/c1-26(17-19-8-4-2-5-9-19)18-20-12-14-22(15-13-20)24(28)25-16-23(27)21-10-6-3-7-11-21/h2-15H,16-18H2,1H3,(H,25,28). The van der Waals surface area contributed by atoms with Crippen LogP contribution in [0.25, 0.3) is 0 Å². The van der Waals surface area contributed by atoms with Gasteiger partial charge < -0.3 is 5.32 Å². The van der Waals surface area contributed by atoms with Crippen molar-refractivity contribution in [1.82, 2.24) is 10.2 Å². The van der Waals surface area contributed by atoms with Gasteiger partial charge in [0.15, 0.2) is 5.78 Å². The molecule has 0 aliphatic rings. The third-order valence-electron chi connectivity index (χ3n) is 4.47. The summed E-state index contributed by atoms with van der Waals surface area (Å²) in [6.45, 7) is 1.65. The Labute approximate surface area is 165 Å². The van der Waals surface area contributed by atoms with E-state index in [9.17, 15) is 9.59 Å². The third kappa shape index (κ3) is 5.63. The summed E-state index contributed by atoms with van der Waals surface area (Å²) in [5.41, 5.74) is 3.55. The van der Waals surface area contributed by atoms with E-state index in [-0.39, 0.29) is 18.2 Å². The van der Waals surface area contributed by atoms with Crippen LogP contribution in [0.4, 0.5) is 0 Å². The van der Waals surface area contributed by atoms with Crippen LogP contribution in [0.1, 0.15) is 31.8 Å². The molecule has 0 bridgehead atoms. The Morgan fingerprint density at radius 2 is 1.25 bits per heavy atom. The van der Waals surface area contributed by atoms with E-state index in [0.717, 1.165) is 18.7 Å². The fraction of sp³-hybridized carbons (Fsp3) is 0.167. The molecule has 4 nitrogen and oxygen atoms in total. The average molecular weight is 372 g/mol. The molecule has 0 aromatic heterocycles. The number of carbonyl (C=O) groups is 2. The maximum Gasteiger partial charge on any atom is 0.251 e. The number of hydrogen-bond donors (Lipinski definition) is 1. The quantitative estimate of drug-likeness (QED) is 0.610. The number of amides is 1. The third-order valence-corrected chi connectivity index (χ3v) is 4.47. The van der Waals surface area contributed by atoms with Crippen molar-refractivity contribution in [2.45, 2.75) is 13.1 Å². The summed E-state index contributed by atoms with van der Waals surface area (Å²) in [5.74, 6) is -0.346. The maximum atomic E-state index is 12.3. The number of ketones is 1. The molecule has 0 aliphatic carbocycles. The lowest BCUT2D eigenvalue weighted by molar-refractivity contribution is 0.0904. The molecular weight excluding hydrogens is 348 g/mol. The Hall–Kier alpha value is -3.24. The van der Waals surface area contributed by atoms with Crippen molar-refractivity contribution in [3.63, 3.8) is 0 Å². The minimum Gasteiger partial charge on any atom is -0.345 e. The lowest BCUT2D eigenvalue weighted by Crippen LogP contribution is -2.29. The number of rotatable bonds is 8. The molecule has 0 saturated carbocycles. The van der Waals surface area contributed by atoms with E-state index in [1.165, 1.54) is 5.56 Å². The molecule has 28 heavy (non-hydrogen) atoms. The van der Waals surface area contributed by atoms with Crippen LogP contribution in [-0.2, 0) is 13.1 Å². The molecule has 142 valence electrons. The van der Waals surface area contributed by atoms with E-state index in [2.05, 4.69) is 29.4 Å². The number of carbonyl (C=O) groups excluding carboxylic acids is 2. The van der Waals surface area contributed by atoms with Gasteiger partial charge in [-0.2, -0.15) is 0 Å². The van der Waals surface area contributed by atoms with Gasteiger partial charge in [-0.1, -0.05) is 72.8 Å². The number of Topliss-reactive ketones (excluding diaryl/α,β-unsaturated/α-hetero) is 1. The van der Waals surface area contributed by atoms with Gasteiger partial charge in [-0.05, 0) is 30.3 Å². The van der Waals surface area contributed by atoms with Crippen molar-refractivity contribution in [3.05, 3.63) is 107 Å². The first-order chi connectivity index (χ1) is 13.6. The number of hydrogen-bond acceptors (Lipinski definition) is 3. The minimum atomic E-state index is -0.242. The molecule has 3 aromatic rings. The van der Waals surface area contributed by atoms with Gasteiger partial charge in [-0.25, -0.2) is 0 Å². The second-order valence-electron chi connectivity index (χ2n) is 6.83. The molecule has 0 radical (unpaired) electrons. The molecule has 3 aromatic carbocycles. The summed E-state index contributed by atoms with van der Waals surface area (Å²) in [6.07, 6.45) is 0. The Morgan fingerprint density at radius 1 is 0.714 bits per heavy atom. The largest absolute Gasteiger partial charge is 0.345 e. The molecule has 4 heteroatoms. The van der Waals surface area contributed by atoms with Gasteiger partial charge in [0.25, 0.3) is 5.91 Å². The normalized spacial score (nSPS) is 10.6. The Balaban J connectivity index is 1.50. The van der Waals surface area contributed by atoms with Crippen LogP contribution >= 0.6 is 0 Å². The van der Waals surface area contributed by atoms with Crippen molar-refractivity contribution >= 4 is 11.7 Å².